The van der Waals surface area contributed by atoms with Crippen molar-refractivity contribution in [1.29, 1.82) is 0 Å². The molecule has 0 unspecified atom stereocenters. The first kappa shape index (κ1) is 18.9. The highest BCUT2D eigenvalue weighted by atomic mass is 35.5. The number of allylic oxidation sites excluding steroid dienone is 1. The predicted molar refractivity (Wildman–Crippen MR) is 103 cm³/mol. The zero-order chi connectivity index (χ0) is 18.9. The van der Waals surface area contributed by atoms with Crippen LogP contribution in [0, 0.1) is 16.0 Å². The molecule has 2 aliphatic rings. The molecular weight excluding hydrogens is 352 g/mol. The second-order valence-corrected chi connectivity index (χ2v) is 8.46. The number of benzene rings is 1. The van der Waals surface area contributed by atoms with Crippen LogP contribution in [0.3, 0.4) is 0 Å². The zero-order valence-electron chi connectivity index (χ0n) is 15.3. The molecule has 1 aromatic carbocycles. The molecule has 1 saturated carbocycles. The van der Waals surface area contributed by atoms with E-state index < -0.39 is 4.92 Å². The molecule has 0 spiro atoms. The third-order valence-corrected chi connectivity index (χ3v) is 5.61. The SMILES string of the molecule is CC1(C)Cc2cc(Cl)c([N+](=O)[O-])cc2C(=CC(=O)C2CCCCCC2)N1. The highest BCUT2D eigenvalue weighted by Crippen LogP contribution is 2.37. The van der Waals surface area contributed by atoms with E-state index in [1.165, 1.54) is 18.9 Å². The number of halogens is 1. The fraction of sp³-hybridized carbons (Fsp3) is 0.550. The van der Waals surface area contributed by atoms with E-state index in [0.717, 1.165) is 31.2 Å². The maximum absolute atomic E-state index is 12.8. The van der Waals surface area contributed by atoms with E-state index in [1.54, 1.807) is 12.1 Å². The lowest BCUT2D eigenvalue weighted by Crippen LogP contribution is -2.44. The van der Waals surface area contributed by atoms with Gasteiger partial charge in [0.15, 0.2) is 5.78 Å². The van der Waals surface area contributed by atoms with Crippen molar-refractivity contribution in [3.05, 3.63) is 44.5 Å². The van der Waals surface area contributed by atoms with Gasteiger partial charge in [0, 0.05) is 34.9 Å². The van der Waals surface area contributed by atoms with Crippen molar-refractivity contribution in [1.82, 2.24) is 5.32 Å². The van der Waals surface area contributed by atoms with E-state index in [4.69, 9.17) is 11.6 Å². The number of nitro benzene ring substituents is 1. The Bertz CT molecular complexity index is 763. The Hall–Kier alpha value is -1.88. The number of carbonyl (C=O) groups is 1. The lowest BCUT2D eigenvalue weighted by Gasteiger charge is -2.35. The van der Waals surface area contributed by atoms with Gasteiger partial charge in [-0.1, -0.05) is 37.3 Å². The predicted octanol–water partition coefficient (Wildman–Crippen LogP) is 5.05. The van der Waals surface area contributed by atoms with E-state index in [1.807, 2.05) is 0 Å². The molecule has 140 valence electrons. The molecular formula is C20H25ClN2O3. The summed E-state index contributed by atoms with van der Waals surface area (Å²) in [6.45, 7) is 4.10. The summed E-state index contributed by atoms with van der Waals surface area (Å²) < 4.78 is 0. The molecule has 0 radical (unpaired) electrons. The lowest BCUT2D eigenvalue weighted by molar-refractivity contribution is -0.384. The van der Waals surface area contributed by atoms with Crippen LogP contribution < -0.4 is 5.32 Å². The molecule has 6 heteroatoms. The van der Waals surface area contributed by atoms with Gasteiger partial charge in [-0.05, 0) is 44.7 Å². The van der Waals surface area contributed by atoms with Gasteiger partial charge in [-0.15, -0.1) is 0 Å². The number of nitrogens with zero attached hydrogens (tertiary/aromatic N) is 1. The van der Waals surface area contributed by atoms with Gasteiger partial charge in [0.25, 0.3) is 5.69 Å². The number of fused-ring (bicyclic) bond motifs is 1. The number of hydrogen-bond donors (Lipinski definition) is 1. The van der Waals surface area contributed by atoms with Gasteiger partial charge >= 0.3 is 0 Å². The maximum Gasteiger partial charge on any atom is 0.288 e. The van der Waals surface area contributed by atoms with Crippen molar-refractivity contribution in [2.75, 3.05) is 0 Å². The van der Waals surface area contributed by atoms with E-state index in [-0.39, 0.29) is 28.0 Å². The van der Waals surface area contributed by atoms with Gasteiger partial charge < -0.3 is 5.32 Å². The van der Waals surface area contributed by atoms with Gasteiger partial charge in [-0.3, -0.25) is 14.9 Å². The summed E-state index contributed by atoms with van der Waals surface area (Å²) in [6, 6.07) is 3.16. The minimum absolute atomic E-state index is 0.0579. The summed E-state index contributed by atoms with van der Waals surface area (Å²) in [5.74, 6) is 0.179. The summed E-state index contributed by atoms with van der Waals surface area (Å²) in [7, 11) is 0. The monoisotopic (exact) mass is 376 g/mol. The van der Waals surface area contributed by atoms with Crippen molar-refractivity contribution >= 4 is 28.8 Å². The van der Waals surface area contributed by atoms with E-state index >= 15 is 0 Å². The first-order valence-corrected chi connectivity index (χ1v) is 9.65. The number of rotatable bonds is 3. The number of hydrogen-bond acceptors (Lipinski definition) is 4. The highest BCUT2D eigenvalue weighted by Gasteiger charge is 2.31. The van der Waals surface area contributed by atoms with Crippen LogP contribution in [0.1, 0.15) is 63.5 Å². The quantitative estimate of drug-likeness (QED) is 0.346. The van der Waals surface area contributed by atoms with Crippen molar-refractivity contribution in [3.8, 4) is 0 Å². The number of ketones is 1. The third-order valence-electron chi connectivity index (χ3n) is 5.31. The lowest BCUT2D eigenvalue weighted by atomic mass is 9.84. The minimum atomic E-state index is -0.479. The summed E-state index contributed by atoms with van der Waals surface area (Å²) in [4.78, 5) is 23.6. The molecule has 0 bridgehead atoms. The van der Waals surface area contributed by atoms with E-state index in [9.17, 15) is 14.9 Å². The topological polar surface area (TPSA) is 72.2 Å². The molecule has 3 rings (SSSR count). The average molecular weight is 377 g/mol. The molecule has 0 amide bonds. The summed E-state index contributed by atoms with van der Waals surface area (Å²) in [6.07, 6.45) is 8.78. The number of carbonyl (C=O) groups excluding carboxylic acids is 1. The fourth-order valence-corrected chi connectivity index (χ4v) is 4.29. The molecule has 1 fully saturated rings. The van der Waals surface area contributed by atoms with Crippen LogP contribution in [0.5, 0.6) is 0 Å². The van der Waals surface area contributed by atoms with Crippen LogP contribution in [0.2, 0.25) is 5.02 Å². The van der Waals surface area contributed by atoms with Gasteiger partial charge in [0.05, 0.1) is 4.92 Å². The second-order valence-electron chi connectivity index (χ2n) is 8.05. The highest BCUT2D eigenvalue weighted by molar-refractivity contribution is 6.32. The average Bonchev–Trinajstić information content (AvgIpc) is 2.82. The number of nitro groups is 1. The molecule has 1 N–H and O–H groups in total. The van der Waals surface area contributed by atoms with E-state index in [0.29, 0.717) is 17.7 Å². The third kappa shape index (κ3) is 4.09. The first-order valence-electron chi connectivity index (χ1n) is 9.28. The summed E-state index contributed by atoms with van der Waals surface area (Å²) >= 11 is 6.09. The van der Waals surface area contributed by atoms with E-state index in [2.05, 4.69) is 19.2 Å². The maximum atomic E-state index is 12.8. The van der Waals surface area contributed by atoms with Crippen LogP contribution in [0.25, 0.3) is 5.70 Å². The summed E-state index contributed by atoms with van der Waals surface area (Å²) in [5, 5.41) is 14.8. The number of nitrogens with one attached hydrogen (secondary N) is 1. The Labute approximate surface area is 159 Å². The minimum Gasteiger partial charge on any atom is -0.379 e. The van der Waals surface area contributed by atoms with Crippen molar-refractivity contribution in [2.45, 2.75) is 64.3 Å². The molecule has 0 aromatic heterocycles. The molecule has 0 atom stereocenters. The Balaban J connectivity index is 2.00. The van der Waals surface area contributed by atoms with Crippen LogP contribution in [-0.4, -0.2) is 16.2 Å². The molecule has 1 aromatic rings. The standard InChI is InChI=1S/C20H25ClN2O3/c1-20(2)12-14-9-16(21)18(23(25)26)10-15(14)17(22-20)11-19(24)13-7-5-3-4-6-8-13/h9-11,13,22H,3-8,12H2,1-2H3. The van der Waals surface area contributed by atoms with Crippen LogP contribution in [0.15, 0.2) is 18.2 Å². The Kier molecular flexibility index (Phi) is 5.37. The van der Waals surface area contributed by atoms with Gasteiger partial charge in [-0.2, -0.15) is 0 Å². The fourth-order valence-electron chi connectivity index (χ4n) is 4.03. The Morgan fingerprint density at radius 2 is 1.92 bits per heavy atom. The van der Waals surface area contributed by atoms with Crippen molar-refractivity contribution in [3.63, 3.8) is 0 Å². The van der Waals surface area contributed by atoms with Gasteiger partial charge in [0.1, 0.15) is 5.02 Å². The Morgan fingerprint density at radius 1 is 1.27 bits per heavy atom. The zero-order valence-corrected chi connectivity index (χ0v) is 16.1. The first-order chi connectivity index (χ1) is 12.3. The summed E-state index contributed by atoms with van der Waals surface area (Å²) in [5.41, 5.74) is 1.94. The normalized spacial score (nSPS) is 21.6. The van der Waals surface area contributed by atoms with Crippen LogP contribution in [0.4, 0.5) is 5.69 Å². The molecule has 0 saturated heterocycles. The Morgan fingerprint density at radius 3 is 2.54 bits per heavy atom. The molecule has 26 heavy (non-hydrogen) atoms. The smallest absolute Gasteiger partial charge is 0.288 e. The molecule has 1 heterocycles. The van der Waals surface area contributed by atoms with Gasteiger partial charge in [0.2, 0.25) is 0 Å². The van der Waals surface area contributed by atoms with Crippen molar-refractivity contribution < 1.29 is 9.72 Å². The molecule has 1 aliphatic heterocycles. The molecule has 1 aliphatic carbocycles. The molecule has 5 nitrogen and oxygen atoms in total. The second kappa shape index (κ2) is 7.39. The largest absolute Gasteiger partial charge is 0.379 e. The van der Waals surface area contributed by atoms with Crippen LogP contribution >= 0.6 is 11.6 Å². The van der Waals surface area contributed by atoms with Gasteiger partial charge in [-0.25, -0.2) is 0 Å². The van der Waals surface area contributed by atoms with Crippen LogP contribution in [-0.2, 0) is 11.2 Å². The van der Waals surface area contributed by atoms with Crippen molar-refractivity contribution in [2.24, 2.45) is 5.92 Å².